The van der Waals surface area contributed by atoms with Gasteiger partial charge in [-0.15, -0.1) is 0 Å². The predicted octanol–water partition coefficient (Wildman–Crippen LogP) is 3.13. The summed E-state index contributed by atoms with van der Waals surface area (Å²) in [5.41, 5.74) is 1.77. The first-order chi connectivity index (χ1) is 12.0. The third-order valence-corrected chi connectivity index (χ3v) is 4.82. The molecule has 2 aromatic rings. The number of carbonyl (C=O) groups excluding carboxylic acids is 2. The number of hydrogen-bond donors (Lipinski definition) is 1. The van der Waals surface area contributed by atoms with E-state index in [1.165, 1.54) is 10.5 Å². The Morgan fingerprint density at radius 3 is 2.48 bits per heavy atom. The molecule has 1 aromatic carbocycles. The first kappa shape index (κ1) is 17.1. The summed E-state index contributed by atoms with van der Waals surface area (Å²) >= 11 is 0. The number of anilines is 1. The molecule has 0 saturated heterocycles. The zero-order valence-electron chi connectivity index (χ0n) is 14.7. The predicted molar refractivity (Wildman–Crippen MR) is 97.3 cm³/mol. The summed E-state index contributed by atoms with van der Waals surface area (Å²) in [7, 11) is 3.36. The minimum absolute atomic E-state index is 0.0251. The Morgan fingerprint density at radius 1 is 1.16 bits per heavy atom. The Morgan fingerprint density at radius 2 is 1.88 bits per heavy atom. The molecule has 0 atom stereocenters. The molecule has 0 unspecified atom stereocenters. The van der Waals surface area contributed by atoms with E-state index in [9.17, 15) is 9.59 Å². The molecule has 1 heterocycles. The van der Waals surface area contributed by atoms with E-state index in [4.69, 9.17) is 0 Å². The van der Waals surface area contributed by atoms with Crippen molar-refractivity contribution in [3.8, 4) is 0 Å². The minimum Gasteiger partial charge on any atom is -0.343 e. The molecule has 1 saturated carbocycles. The molecule has 0 bridgehead atoms. The highest BCUT2D eigenvalue weighted by Crippen LogP contribution is 2.44. The van der Waals surface area contributed by atoms with Crippen LogP contribution in [-0.4, -0.2) is 35.8 Å². The Labute approximate surface area is 148 Å². The molecular formula is C20H23N3O2. The van der Waals surface area contributed by atoms with Crippen molar-refractivity contribution in [2.75, 3.05) is 19.4 Å². The lowest BCUT2D eigenvalue weighted by atomic mass is 9.64. The maximum Gasteiger partial charge on any atom is 0.272 e. The maximum atomic E-state index is 12.9. The van der Waals surface area contributed by atoms with Crippen LogP contribution in [0.1, 0.15) is 35.3 Å². The highest BCUT2D eigenvalue weighted by Gasteiger charge is 2.44. The van der Waals surface area contributed by atoms with Crippen molar-refractivity contribution in [2.24, 2.45) is 5.41 Å². The van der Waals surface area contributed by atoms with Gasteiger partial charge in [-0.1, -0.05) is 36.8 Å². The minimum atomic E-state index is -0.351. The monoisotopic (exact) mass is 337 g/mol. The van der Waals surface area contributed by atoms with Crippen LogP contribution in [0.2, 0.25) is 0 Å². The lowest BCUT2D eigenvalue weighted by molar-refractivity contribution is -0.130. The molecule has 1 N–H and O–H groups in total. The first-order valence-electron chi connectivity index (χ1n) is 8.53. The Bertz CT molecular complexity index is 768. The highest BCUT2D eigenvalue weighted by molar-refractivity contribution is 5.98. The van der Waals surface area contributed by atoms with Crippen LogP contribution in [-0.2, 0) is 11.2 Å². The maximum absolute atomic E-state index is 12.9. The molecule has 1 aromatic heterocycles. The molecule has 1 aliphatic carbocycles. The highest BCUT2D eigenvalue weighted by atomic mass is 16.2. The molecule has 0 radical (unpaired) electrons. The van der Waals surface area contributed by atoms with Crippen LogP contribution in [0.15, 0.2) is 48.7 Å². The SMILES string of the molecule is CN(C)C(=O)c1cc(NC(=O)C2(Cc3ccccc3)CCC2)ccn1. The van der Waals surface area contributed by atoms with Crippen molar-refractivity contribution in [3.63, 3.8) is 0 Å². The number of carbonyl (C=O) groups is 2. The Hall–Kier alpha value is -2.69. The van der Waals surface area contributed by atoms with Crippen molar-refractivity contribution >= 4 is 17.5 Å². The van der Waals surface area contributed by atoms with Gasteiger partial charge in [0.05, 0.1) is 5.41 Å². The molecule has 2 amide bonds. The second-order valence-electron chi connectivity index (χ2n) is 6.88. The summed E-state index contributed by atoms with van der Waals surface area (Å²) in [5, 5.41) is 2.99. The smallest absolute Gasteiger partial charge is 0.272 e. The quantitative estimate of drug-likeness (QED) is 0.912. The normalized spacial score (nSPS) is 15.1. The number of amides is 2. The molecule has 0 aliphatic heterocycles. The van der Waals surface area contributed by atoms with E-state index >= 15 is 0 Å². The van der Waals surface area contributed by atoms with Gasteiger partial charge >= 0.3 is 0 Å². The van der Waals surface area contributed by atoms with Gasteiger partial charge < -0.3 is 10.2 Å². The van der Waals surface area contributed by atoms with Gasteiger partial charge in [0.25, 0.3) is 5.91 Å². The fourth-order valence-corrected chi connectivity index (χ4v) is 3.19. The number of pyridine rings is 1. The fourth-order valence-electron chi connectivity index (χ4n) is 3.19. The van der Waals surface area contributed by atoms with Crippen molar-refractivity contribution < 1.29 is 9.59 Å². The molecule has 3 rings (SSSR count). The van der Waals surface area contributed by atoms with Crippen LogP contribution in [0.3, 0.4) is 0 Å². The van der Waals surface area contributed by atoms with Gasteiger partial charge in [-0.05, 0) is 37.0 Å². The van der Waals surface area contributed by atoms with Gasteiger partial charge in [-0.25, -0.2) is 0 Å². The van der Waals surface area contributed by atoms with Crippen LogP contribution < -0.4 is 5.32 Å². The number of nitrogens with zero attached hydrogens (tertiary/aromatic N) is 2. The lowest BCUT2D eigenvalue weighted by Crippen LogP contribution is -2.43. The molecule has 5 nitrogen and oxygen atoms in total. The number of rotatable bonds is 5. The standard InChI is InChI=1S/C20H23N3O2/c1-23(2)18(24)17-13-16(9-12-21-17)22-19(25)20(10-6-11-20)14-15-7-4-3-5-8-15/h3-5,7-9,12-13H,6,10-11,14H2,1-2H3,(H,21,22,25). The summed E-state index contributed by atoms with van der Waals surface area (Å²) in [4.78, 5) is 30.5. The molecule has 5 heteroatoms. The molecule has 25 heavy (non-hydrogen) atoms. The van der Waals surface area contributed by atoms with Crippen molar-refractivity contribution in [3.05, 3.63) is 59.9 Å². The van der Waals surface area contributed by atoms with E-state index < -0.39 is 0 Å². The van der Waals surface area contributed by atoms with E-state index in [0.29, 0.717) is 11.4 Å². The molecular weight excluding hydrogens is 314 g/mol. The van der Waals surface area contributed by atoms with Crippen LogP contribution in [0.4, 0.5) is 5.69 Å². The van der Waals surface area contributed by atoms with Crippen molar-refractivity contribution in [2.45, 2.75) is 25.7 Å². The topological polar surface area (TPSA) is 62.3 Å². The van der Waals surface area contributed by atoms with Crippen LogP contribution >= 0.6 is 0 Å². The molecule has 0 spiro atoms. The third kappa shape index (κ3) is 3.71. The Kier molecular flexibility index (Phi) is 4.83. The number of nitrogens with one attached hydrogen (secondary N) is 1. The third-order valence-electron chi connectivity index (χ3n) is 4.82. The second-order valence-corrected chi connectivity index (χ2v) is 6.88. The van der Waals surface area contributed by atoms with E-state index in [-0.39, 0.29) is 17.2 Å². The van der Waals surface area contributed by atoms with Crippen LogP contribution in [0.5, 0.6) is 0 Å². The van der Waals surface area contributed by atoms with Crippen molar-refractivity contribution in [1.29, 1.82) is 0 Å². The van der Waals surface area contributed by atoms with Crippen molar-refractivity contribution in [1.82, 2.24) is 9.88 Å². The zero-order valence-corrected chi connectivity index (χ0v) is 14.7. The van der Waals surface area contributed by atoms with Gasteiger partial charge in [-0.3, -0.25) is 14.6 Å². The van der Waals surface area contributed by atoms with Crippen LogP contribution in [0.25, 0.3) is 0 Å². The van der Waals surface area contributed by atoms with Gasteiger partial charge in [0.2, 0.25) is 5.91 Å². The summed E-state index contributed by atoms with van der Waals surface area (Å²) in [6.07, 6.45) is 5.15. The molecule has 1 fully saturated rings. The number of hydrogen-bond acceptors (Lipinski definition) is 3. The molecule has 1 aliphatic rings. The second kappa shape index (κ2) is 7.05. The van der Waals surface area contributed by atoms with Gasteiger partial charge in [0.1, 0.15) is 5.69 Å². The van der Waals surface area contributed by atoms with E-state index in [0.717, 1.165) is 25.7 Å². The van der Waals surface area contributed by atoms with E-state index in [1.807, 2.05) is 18.2 Å². The molecule has 130 valence electrons. The fraction of sp³-hybridized carbons (Fsp3) is 0.350. The first-order valence-corrected chi connectivity index (χ1v) is 8.53. The summed E-state index contributed by atoms with van der Waals surface area (Å²) in [5.74, 6) is -0.157. The van der Waals surface area contributed by atoms with E-state index in [1.54, 1.807) is 32.4 Å². The zero-order chi connectivity index (χ0) is 17.9. The largest absolute Gasteiger partial charge is 0.343 e. The summed E-state index contributed by atoms with van der Waals surface area (Å²) in [6, 6.07) is 13.5. The van der Waals surface area contributed by atoms with E-state index in [2.05, 4.69) is 22.4 Å². The average molecular weight is 337 g/mol. The number of aromatic nitrogens is 1. The van der Waals surface area contributed by atoms with Gasteiger partial charge in [0.15, 0.2) is 0 Å². The van der Waals surface area contributed by atoms with Gasteiger partial charge in [0, 0.05) is 26.0 Å². The van der Waals surface area contributed by atoms with Gasteiger partial charge in [-0.2, -0.15) is 0 Å². The summed E-state index contributed by atoms with van der Waals surface area (Å²) < 4.78 is 0. The van der Waals surface area contributed by atoms with Crippen LogP contribution in [0, 0.1) is 5.41 Å². The lowest BCUT2D eigenvalue weighted by Gasteiger charge is -2.40. The summed E-state index contributed by atoms with van der Waals surface area (Å²) in [6.45, 7) is 0. The number of benzene rings is 1. The Balaban J connectivity index is 1.75. The average Bonchev–Trinajstić information content (AvgIpc) is 2.58.